The maximum atomic E-state index is 11.9. The standard InChI is InChI=1S/C25H33N5O4/c1-33-25(32)30-10-6-17(7-11-30)15-27-22-14-23(28-16-21(22)24(26)31)29-20-4-2-18(3-5-20)19-8-12-34-13-9-19/h2-5,14,16-17,19H,6-13,15H2,1H3,(H2,26,31)(H2,27,28,29). The highest BCUT2D eigenvalue weighted by Crippen LogP contribution is 2.29. The maximum Gasteiger partial charge on any atom is 0.409 e. The summed E-state index contributed by atoms with van der Waals surface area (Å²) >= 11 is 0. The largest absolute Gasteiger partial charge is 0.453 e. The zero-order chi connectivity index (χ0) is 23.9. The van der Waals surface area contributed by atoms with Gasteiger partial charge in [-0.05, 0) is 55.2 Å². The van der Waals surface area contributed by atoms with Gasteiger partial charge in [-0.15, -0.1) is 0 Å². The number of nitrogens with one attached hydrogen (secondary N) is 2. The Hall–Kier alpha value is -3.33. The molecule has 0 saturated carbocycles. The number of aromatic nitrogens is 1. The molecule has 0 aliphatic carbocycles. The number of primary amides is 1. The average Bonchev–Trinajstić information content (AvgIpc) is 2.88. The van der Waals surface area contributed by atoms with E-state index < -0.39 is 5.91 Å². The van der Waals surface area contributed by atoms with Gasteiger partial charge in [-0.25, -0.2) is 9.78 Å². The number of hydrogen-bond donors (Lipinski definition) is 3. The molecule has 0 bridgehead atoms. The van der Waals surface area contributed by atoms with E-state index >= 15 is 0 Å². The lowest BCUT2D eigenvalue weighted by Gasteiger charge is -2.31. The van der Waals surface area contributed by atoms with Gasteiger partial charge in [-0.1, -0.05) is 12.1 Å². The summed E-state index contributed by atoms with van der Waals surface area (Å²) in [5.74, 6) is 1.03. The van der Waals surface area contributed by atoms with E-state index in [0.29, 0.717) is 48.5 Å². The highest BCUT2D eigenvalue weighted by Gasteiger charge is 2.23. The summed E-state index contributed by atoms with van der Waals surface area (Å²) in [5, 5.41) is 6.69. The second-order valence-corrected chi connectivity index (χ2v) is 8.89. The van der Waals surface area contributed by atoms with Crippen LogP contribution in [0.3, 0.4) is 0 Å². The zero-order valence-corrected chi connectivity index (χ0v) is 19.6. The van der Waals surface area contributed by atoms with Crippen molar-refractivity contribution in [2.75, 3.05) is 50.6 Å². The smallest absolute Gasteiger partial charge is 0.409 e. The summed E-state index contributed by atoms with van der Waals surface area (Å²) in [6.07, 6.45) is 5.06. The number of ether oxygens (including phenoxy) is 2. The number of pyridine rings is 1. The van der Waals surface area contributed by atoms with Crippen molar-refractivity contribution in [1.82, 2.24) is 9.88 Å². The highest BCUT2D eigenvalue weighted by atomic mass is 16.5. The number of anilines is 3. The van der Waals surface area contributed by atoms with Crippen molar-refractivity contribution < 1.29 is 19.1 Å². The predicted octanol–water partition coefficient (Wildman–Crippen LogP) is 3.71. The summed E-state index contributed by atoms with van der Waals surface area (Å²) in [5.41, 5.74) is 8.83. The van der Waals surface area contributed by atoms with E-state index in [1.165, 1.54) is 18.9 Å². The van der Waals surface area contributed by atoms with Gasteiger partial charge in [-0.2, -0.15) is 0 Å². The molecule has 0 spiro atoms. The quantitative estimate of drug-likeness (QED) is 0.568. The molecule has 0 radical (unpaired) electrons. The minimum absolute atomic E-state index is 0.284. The molecule has 1 aromatic carbocycles. The highest BCUT2D eigenvalue weighted by molar-refractivity contribution is 5.98. The molecule has 2 amide bonds. The number of amides is 2. The third-order valence-corrected chi connectivity index (χ3v) is 6.67. The van der Waals surface area contributed by atoms with Crippen LogP contribution in [0.25, 0.3) is 0 Å². The number of likely N-dealkylation sites (tertiary alicyclic amines) is 1. The van der Waals surface area contributed by atoms with Crippen molar-refractivity contribution in [1.29, 1.82) is 0 Å². The maximum absolute atomic E-state index is 11.9. The van der Waals surface area contributed by atoms with Crippen molar-refractivity contribution >= 4 is 29.2 Å². The number of rotatable bonds is 7. The van der Waals surface area contributed by atoms with Crippen LogP contribution in [0.5, 0.6) is 0 Å². The van der Waals surface area contributed by atoms with Crippen LogP contribution in [0.4, 0.5) is 22.0 Å². The third kappa shape index (κ3) is 5.96. The molecule has 2 aromatic rings. The molecule has 9 nitrogen and oxygen atoms in total. The number of nitrogens with zero attached hydrogens (tertiary/aromatic N) is 2. The first-order valence-electron chi connectivity index (χ1n) is 11.8. The van der Waals surface area contributed by atoms with Gasteiger partial charge in [0.05, 0.1) is 18.4 Å². The van der Waals surface area contributed by atoms with Crippen LogP contribution in [0.2, 0.25) is 0 Å². The topological polar surface area (TPSA) is 119 Å². The molecule has 4 N–H and O–H groups in total. The Kier molecular flexibility index (Phi) is 7.84. The lowest BCUT2D eigenvalue weighted by molar-refractivity contribution is 0.0853. The number of carbonyl (C=O) groups excluding carboxylic acids is 2. The Morgan fingerprint density at radius 1 is 1.15 bits per heavy atom. The number of piperidine rings is 1. The van der Waals surface area contributed by atoms with Crippen molar-refractivity contribution in [2.24, 2.45) is 11.7 Å². The van der Waals surface area contributed by atoms with E-state index in [9.17, 15) is 9.59 Å². The number of benzene rings is 1. The average molecular weight is 468 g/mol. The first kappa shape index (κ1) is 23.8. The monoisotopic (exact) mass is 467 g/mol. The van der Waals surface area contributed by atoms with Crippen molar-refractivity contribution in [2.45, 2.75) is 31.6 Å². The molecule has 2 saturated heterocycles. The molecule has 0 unspecified atom stereocenters. The third-order valence-electron chi connectivity index (χ3n) is 6.67. The molecule has 9 heteroatoms. The number of hydrogen-bond acceptors (Lipinski definition) is 7. The molecule has 34 heavy (non-hydrogen) atoms. The second kappa shape index (κ2) is 11.2. The van der Waals surface area contributed by atoms with Crippen molar-refractivity contribution in [3.05, 3.63) is 47.7 Å². The Labute approximate surface area is 200 Å². The molecule has 182 valence electrons. The molecule has 0 atom stereocenters. The van der Waals surface area contributed by atoms with E-state index in [-0.39, 0.29) is 6.09 Å². The fourth-order valence-corrected chi connectivity index (χ4v) is 4.59. The van der Waals surface area contributed by atoms with Gasteiger partial charge < -0.3 is 30.7 Å². The zero-order valence-electron chi connectivity index (χ0n) is 19.6. The summed E-state index contributed by atoms with van der Waals surface area (Å²) in [4.78, 5) is 29.7. The van der Waals surface area contributed by atoms with Gasteiger partial charge in [0, 0.05) is 50.8 Å². The van der Waals surface area contributed by atoms with Crippen LogP contribution in [0.15, 0.2) is 36.5 Å². The number of nitrogens with two attached hydrogens (primary N) is 1. The van der Waals surface area contributed by atoms with Gasteiger partial charge in [-0.3, -0.25) is 4.79 Å². The van der Waals surface area contributed by atoms with Crippen LogP contribution < -0.4 is 16.4 Å². The Balaban J connectivity index is 1.38. The lowest BCUT2D eigenvalue weighted by atomic mass is 9.92. The summed E-state index contributed by atoms with van der Waals surface area (Å²) in [6.45, 7) is 3.64. The van der Waals surface area contributed by atoms with E-state index in [0.717, 1.165) is 44.6 Å². The molecule has 2 fully saturated rings. The van der Waals surface area contributed by atoms with E-state index in [4.69, 9.17) is 15.2 Å². The van der Waals surface area contributed by atoms with E-state index in [1.807, 2.05) is 6.07 Å². The van der Waals surface area contributed by atoms with Crippen molar-refractivity contribution in [3.8, 4) is 0 Å². The fourth-order valence-electron chi connectivity index (χ4n) is 4.59. The second-order valence-electron chi connectivity index (χ2n) is 8.89. The molecule has 2 aliphatic rings. The van der Waals surface area contributed by atoms with Crippen LogP contribution in [-0.2, 0) is 9.47 Å². The van der Waals surface area contributed by atoms with Gasteiger partial charge in [0.2, 0.25) is 0 Å². The normalized spacial score (nSPS) is 17.3. The van der Waals surface area contributed by atoms with Crippen LogP contribution in [0, 0.1) is 5.92 Å². The van der Waals surface area contributed by atoms with Gasteiger partial charge in [0.1, 0.15) is 5.82 Å². The minimum Gasteiger partial charge on any atom is -0.453 e. The number of methoxy groups -OCH3 is 1. The molecular formula is C25H33N5O4. The Morgan fingerprint density at radius 3 is 2.50 bits per heavy atom. The summed E-state index contributed by atoms with van der Waals surface area (Å²) < 4.78 is 10.3. The summed E-state index contributed by atoms with van der Waals surface area (Å²) in [7, 11) is 1.40. The van der Waals surface area contributed by atoms with Gasteiger partial charge >= 0.3 is 6.09 Å². The Morgan fingerprint density at radius 2 is 1.85 bits per heavy atom. The summed E-state index contributed by atoms with van der Waals surface area (Å²) in [6, 6.07) is 10.2. The first-order valence-corrected chi connectivity index (χ1v) is 11.8. The van der Waals surface area contributed by atoms with E-state index in [2.05, 4.69) is 39.9 Å². The SMILES string of the molecule is COC(=O)N1CCC(CNc2cc(Nc3ccc(C4CCOCC4)cc3)ncc2C(N)=O)CC1. The molecule has 1 aromatic heterocycles. The lowest BCUT2D eigenvalue weighted by Crippen LogP contribution is -2.39. The van der Waals surface area contributed by atoms with Gasteiger partial charge in [0.15, 0.2) is 0 Å². The van der Waals surface area contributed by atoms with Crippen molar-refractivity contribution in [3.63, 3.8) is 0 Å². The minimum atomic E-state index is -0.525. The molecular weight excluding hydrogens is 434 g/mol. The van der Waals surface area contributed by atoms with Crippen LogP contribution in [0.1, 0.15) is 47.5 Å². The molecule has 4 rings (SSSR count). The van der Waals surface area contributed by atoms with Crippen LogP contribution in [-0.4, -0.2) is 61.8 Å². The Bertz CT molecular complexity index is 983. The van der Waals surface area contributed by atoms with E-state index in [1.54, 1.807) is 4.90 Å². The predicted molar refractivity (Wildman–Crippen MR) is 130 cm³/mol. The molecule has 2 aliphatic heterocycles. The fraction of sp³-hybridized carbons (Fsp3) is 0.480. The number of carbonyl (C=O) groups is 2. The first-order chi connectivity index (χ1) is 16.5. The van der Waals surface area contributed by atoms with Gasteiger partial charge in [0.25, 0.3) is 5.91 Å². The van der Waals surface area contributed by atoms with Crippen LogP contribution >= 0.6 is 0 Å². The molecule has 3 heterocycles.